The molecule has 0 radical (unpaired) electrons. The second-order valence-electron chi connectivity index (χ2n) is 3.76. The van der Waals surface area contributed by atoms with E-state index in [-0.39, 0.29) is 6.04 Å². The van der Waals surface area contributed by atoms with Crippen LogP contribution in [0.2, 0.25) is 5.02 Å². The van der Waals surface area contributed by atoms with Crippen LogP contribution in [0.5, 0.6) is 0 Å². The van der Waals surface area contributed by atoms with Crippen LogP contribution < -0.4 is 5.32 Å². The van der Waals surface area contributed by atoms with Crippen molar-refractivity contribution in [2.75, 3.05) is 0 Å². The summed E-state index contributed by atoms with van der Waals surface area (Å²) in [6.45, 7) is 3.02. The quantitative estimate of drug-likeness (QED) is 0.857. The molecule has 0 bridgehead atoms. The zero-order valence-electron chi connectivity index (χ0n) is 9.11. The molecule has 0 fully saturated rings. The van der Waals surface area contributed by atoms with Gasteiger partial charge in [0.25, 0.3) is 0 Å². The summed E-state index contributed by atoms with van der Waals surface area (Å²) < 4.78 is 0. The van der Waals surface area contributed by atoms with Crippen molar-refractivity contribution >= 4 is 22.9 Å². The van der Waals surface area contributed by atoms with Crippen molar-refractivity contribution in [1.29, 1.82) is 0 Å². The van der Waals surface area contributed by atoms with E-state index in [1.54, 1.807) is 11.3 Å². The fourth-order valence-corrected chi connectivity index (χ4v) is 2.57. The third-order valence-corrected chi connectivity index (χ3v) is 3.64. The van der Waals surface area contributed by atoms with Crippen LogP contribution in [-0.2, 0) is 6.54 Å². The Labute approximate surface area is 105 Å². The molecule has 1 aromatic heterocycles. The van der Waals surface area contributed by atoms with Crippen LogP contribution in [0.3, 0.4) is 0 Å². The van der Waals surface area contributed by atoms with E-state index in [0.29, 0.717) is 0 Å². The highest BCUT2D eigenvalue weighted by Gasteiger charge is 2.07. The lowest BCUT2D eigenvalue weighted by molar-refractivity contribution is 0.575. The average Bonchev–Trinajstić information content (AvgIpc) is 2.79. The van der Waals surface area contributed by atoms with E-state index in [4.69, 9.17) is 11.6 Å². The highest BCUT2D eigenvalue weighted by Crippen LogP contribution is 2.22. The number of hydrogen-bond donors (Lipinski definition) is 1. The maximum absolute atomic E-state index is 6.14. The Morgan fingerprint density at radius 3 is 2.81 bits per heavy atom. The molecule has 1 nitrogen and oxygen atoms in total. The number of rotatable bonds is 4. The van der Waals surface area contributed by atoms with Crippen molar-refractivity contribution in [2.45, 2.75) is 19.5 Å². The van der Waals surface area contributed by atoms with Crippen LogP contribution in [-0.4, -0.2) is 0 Å². The summed E-state index contributed by atoms with van der Waals surface area (Å²) in [5.41, 5.74) is 2.48. The second-order valence-corrected chi connectivity index (χ2v) is 4.94. The van der Waals surface area contributed by atoms with Gasteiger partial charge in [-0.05, 0) is 40.9 Å². The molecular weight excluding hydrogens is 238 g/mol. The molecule has 2 rings (SSSR count). The molecule has 1 heterocycles. The molecule has 3 heteroatoms. The zero-order valence-corrected chi connectivity index (χ0v) is 10.7. The first-order chi connectivity index (χ1) is 7.77. The summed E-state index contributed by atoms with van der Waals surface area (Å²) in [5.74, 6) is 0. The summed E-state index contributed by atoms with van der Waals surface area (Å²) >= 11 is 7.87. The minimum absolute atomic E-state index is 0.272. The van der Waals surface area contributed by atoms with Gasteiger partial charge in [0, 0.05) is 17.6 Å². The lowest BCUT2D eigenvalue weighted by Crippen LogP contribution is -2.17. The maximum atomic E-state index is 6.14. The molecular formula is C13H14ClNS. The van der Waals surface area contributed by atoms with Crippen LogP contribution in [0.25, 0.3) is 0 Å². The van der Waals surface area contributed by atoms with Crippen LogP contribution in [0.4, 0.5) is 0 Å². The van der Waals surface area contributed by atoms with E-state index < -0.39 is 0 Å². The number of hydrogen-bond acceptors (Lipinski definition) is 2. The Bertz CT molecular complexity index is 439. The first-order valence-electron chi connectivity index (χ1n) is 5.26. The van der Waals surface area contributed by atoms with Gasteiger partial charge in [0.15, 0.2) is 0 Å². The van der Waals surface area contributed by atoms with Gasteiger partial charge in [-0.3, -0.25) is 0 Å². The van der Waals surface area contributed by atoms with Crippen molar-refractivity contribution in [2.24, 2.45) is 0 Å². The monoisotopic (exact) mass is 251 g/mol. The van der Waals surface area contributed by atoms with Gasteiger partial charge in [-0.2, -0.15) is 11.3 Å². The summed E-state index contributed by atoms with van der Waals surface area (Å²) in [4.78, 5) is 0. The van der Waals surface area contributed by atoms with Gasteiger partial charge in [0.05, 0.1) is 0 Å². The molecule has 0 spiro atoms. The summed E-state index contributed by atoms with van der Waals surface area (Å²) in [6, 6.07) is 10.4. The summed E-state index contributed by atoms with van der Waals surface area (Å²) in [5, 5.41) is 8.54. The van der Waals surface area contributed by atoms with Gasteiger partial charge >= 0.3 is 0 Å². The standard InChI is InChI=1S/C13H14ClNS/c1-10(12-4-2-3-5-13(12)14)15-8-11-6-7-16-9-11/h2-7,9-10,15H,8H2,1H3/t10-/m0/s1. The third kappa shape index (κ3) is 2.85. The van der Waals surface area contributed by atoms with Crippen LogP contribution in [0.15, 0.2) is 41.1 Å². The first kappa shape index (κ1) is 11.6. The smallest absolute Gasteiger partial charge is 0.0453 e. The van der Waals surface area contributed by atoms with Gasteiger partial charge < -0.3 is 5.32 Å². The highest BCUT2D eigenvalue weighted by atomic mass is 35.5. The molecule has 0 aliphatic carbocycles. The minimum atomic E-state index is 0.272. The van der Waals surface area contributed by atoms with Gasteiger partial charge in [-0.15, -0.1) is 0 Å². The number of benzene rings is 1. The maximum Gasteiger partial charge on any atom is 0.0453 e. The number of halogens is 1. The summed E-state index contributed by atoms with van der Waals surface area (Å²) in [7, 11) is 0. The predicted octanol–water partition coefficient (Wildman–Crippen LogP) is 4.25. The average molecular weight is 252 g/mol. The summed E-state index contributed by atoms with van der Waals surface area (Å²) in [6.07, 6.45) is 0. The van der Waals surface area contributed by atoms with Gasteiger partial charge in [0.2, 0.25) is 0 Å². The largest absolute Gasteiger partial charge is 0.306 e. The fourth-order valence-electron chi connectivity index (χ4n) is 1.60. The third-order valence-electron chi connectivity index (χ3n) is 2.56. The van der Waals surface area contributed by atoms with Gasteiger partial charge in [-0.1, -0.05) is 29.8 Å². The normalized spacial score (nSPS) is 12.6. The van der Waals surface area contributed by atoms with E-state index in [1.807, 2.05) is 18.2 Å². The van der Waals surface area contributed by atoms with Crippen molar-refractivity contribution < 1.29 is 0 Å². The van der Waals surface area contributed by atoms with Crippen LogP contribution in [0.1, 0.15) is 24.1 Å². The molecule has 0 aliphatic rings. The van der Waals surface area contributed by atoms with Crippen LogP contribution >= 0.6 is 22.9 Å². The Morgan fingerprint density at radius 2 is 2.12 bits per heavy atom. The molecule has 84 valence electrons. The van der Waals surface area contributed by atoms with Gasteiger partial charge in [-0.25, -0.2) is 0 Å². The second kappa shape index (κ2) is 5.48. The Kier molecular flexibility index (Phi) is 3.99. The first-order valence-corrected chi connectivity index (χ1v) is 6.58. The van der Waals surface area contributed by atoms with Crippen molar-refractivity contribution in [3.05, 3.63) is 57.2 Å². The molecule has 1 N–H and O–H groups in total. The molecule has 0 aliphatic heterocycles. The lowest BCUT2D eigenvalue weighted by atomic mass is 10.1. The molecule has 0 saturated carbocycles. The van der Waals surface area contributed by atoms with E-state index >= 15 is 0 Å². The molecule has 1 atom stereocenters. The molecule has 0 amide bonds. The Morgan fingerprint density at radius 1 is 1.31 bits per heavy atom. The van der Waals surface area contributed by atoms with E-state index in [2.05, 4.69) is 35.1 Å². The Balaban J connectivity index is 1.98. The van der Waals surface area contributed by atoms with E-state index in [0.717, 1.165) is 17.1 Å². The van der Waals surface area contributed by atoms with Crippen molar-refractivity contribution in [1.82, 2.24) is 5.32 Å². The van der Waals surface area contributed by atoms with Crippen molar-refractivity contribution in [3.63, 3.8) is 0 Å². The molecule has 16 heavy (non-hydrogen) atoms. The molecule has 1 aromatic carbocycles. The SMILES string of the molecule is C[C@H](NCc1ccsc1)c1ccccc1Cl. The molecule has 2 aromatic rings. The molecule has 0 unspecified atom stereocenters. The van der Waals surface area contributed by atoms with Crippen molar-refractivity contribution in [3.8, 4) is 0 Å². The Hall–Kier alpha value is -0.830. The van der Waals surface area contributed by atoms with E-state index in [9.17, 15) is 0 Å². The minimum Gasteiger partial charge on any atom is -0.306 e. The number of thiophene rings is 1. The zero-order chi connectivity index (χ0) is 11.4. The van der Waals surface area contributed by atoms with Crippen LogP contribution in [0, 0.1) is 0 Å². The lowest BCUT2D eigenvalue weighted by Gasteiger charge is -2.15. The predicted molar refractivity (Wildman–Crippen MR) is 71.0 cm³/mol. The van der Waals surface area contributed by atoms with E-state index in [1.165, 1.54) is 5.56 Å². The highest BCUT2D eigenvalue weighted by molar-refractivity contribution is 7.07. The fraction of sp³-hybridized carbons (Fsp3) is 0.231. The molecule has 0 saturated heterocycles. The number of nitrogens with one attached hydrogen (secondary N) is 1. The van der Waals surface area contributed by atoms with Gasteiger partial charge in [0.1, 0.15) is 0 Å². The topological polar surface area (TPSA) is 12.0 Å².